The molecule has 0 bridgehead atoms. The highest BCUT2D eigenvalue weighted by molar-refractivity contribution is 5.86. The number of benzene rings is 6. The summed E-state index contributed by atoms with van der Waals surface area (Å²) in [6.45, 7) is 43.2. The van der Waals surface area contributed by atoms with Crippen molar-refractivity contribution in [1.29, 1.82) is 0 Å². The first-order chi connectivity index (χ1) is 38.3. The first-order valence-electron chi connectivity index (χ1n) is 28.9. The van der Waals surface area contributed by atoms with Gasteiger partial charge in [-0.2, -0.15) is 15.3 Å². The van der Waals surface area contributed by atoms with Crippen LogP contribution in [0.15, 0.2) is 163 Å². The lowest BCUT2D eigenvalue weighted by atomic mass is 9.81. The van der Waals surface area contributed by atoms with E-state index < -0.39 is 0 Å². The minimum Gasteiger partial charge on any atom is -0.288 e. The van der Waals surface area contributed by atoms with Crippen molar-refractivity contribution in [2.24, 2.45) is 12.0 Å². The Labute approximate surface area is 489 Å². The Morgan fingerprint density at radius 2 is 0.976 bits per heavy atom. The average molecular weight is 1090 g/mol. The standard InChI is InChI=1S/C14H17N.C13H15N.C12H16N2.C12H15N.2C11H14N2/c1-10-7-8-12-11(6-5-9-15-12)13(10)14(2,3)4;1-13(2,3)11-7-4-8-12-10(11)6-5-9-14-12;1-12(2,3)10-5-6-11-9(7-10)8-13-14(11)4;1-12(2,3)11-5-4-9-7-13-8-10(9)6-11;1-11(2,3)9-4-5-10-8(6-9)7-12-13-10;1-11(2,3)9-5-4-6-10-8(9)7-12-13-10/h5-9H,1-4H3;4-9H,1-3H3;5-8H,1-4H3;4-7H,8H2,1-3H3;2*4-7H,1-3H3,(H,12,13). The Bertz CT molecular complexity index is 3930. The Kier molecular flexibility index (Phi) is 18.7. The van der Waals surface area contributed by atoms with Crippen LogP contribution in [0.25, 0.3) is 54.5 Å². The largest absolute Gasteiger partial charge is 0.288 e. The molecule has 2 N–H and O–H groups in total. The smallest absolute Gasteiger partial charge is 0.0705 e. The molecule has 0 fully saturated rings. The van der Waals surface area contributed by atoms with Crippen molar-refractivity contribution >= 4 is 60.7 Å². The molecule has 6 heterocycles. The zero-order valence-electron chi connectivity index (χ0n) is 52.9. The van der Waals surface area contributed by atoms with E-state index in [1.807, 2.05) is 61.1 Å². The molecule has 9 heteroatoms. The Morgan fingerprint density at radius 1 is 0.439 bits per heavy atom. The van der Waals surface area contributed by atoms with Crippen LogP contribution in [0.3, 0.4) is 0 Å². The lowest BCUT2D eigenvalue weighted by Gasteiger charge is -2.23. The summed E-state index contributed by atoms with van der Waals surface area (Å²) in [7, 11) is 1.97. The number of aromatic amines is 2. The van der Waals surface area contributed by atoms with Crippen molar-refractivity contribution < 1.29 is 0 Å². The molecule has 0 amide bonds. The van der Waals surface area contributed by atoms with Crippen LogP contribution in [0.2, 0.25) is 0 Å². The molecule has 11 aromatic rings. The quantitative estimate of drug-likeness (QED) is 0.157. The molecule has 0 saturated heterocycles. The fraction of sp³-hybridized carbons (Fsp3) is 0.370. The van der Waals surface area contributed by atoms with Crippen LogP contribution in [-0.4, -0.2) is 46.4 Å². The minimum atomic E-state index is 0.173. The maximum atomic E-state index is 4.40. The first kappa shape index (κ1) is 61.8. The molecule has 0 radical (unpaired) electrons. The van der Waals surface area contributed by atoms with Gasteiger partial charge in [-0.05, 0) is 144 Å². The van der Waals surface area contributed by atoms with Crippen molar-refractivity contribution in [3.05, 3.63) is 208 Å². The molecule has 0 spiro atoms. The lowest BCUT2D eigenvalue weighted by Crippen LogP contribution is -2.13. The highest BCUT2D eigenvalue weighted by Crippen LogP contribution is 2.34. The summed E-state index contributed by atoms with van der Waals surface area (Å²) in [6, 6.07) is 44.8. The lowest BCUT2D eigenvalue weighted by molar-refractivity contribution is 0.589. The topological polar surface area (TPSA) is 113 Å². The minimum absolute atomic E-state index is 0.173. The van der Waals surface area contributed by atoms with Gasteiger partial charge in [-0.1, -0.05) is 197 Å². The van der Waals surface area contributed by atoms with Crippen LogP contribution in [-0.2, 0) is 46.1 Å². The van der Waals surface area contributed by atoms with Crippen LogP contribution in [0.5, 0.6) is 0 Å². The Morgan fingerprint density at radius 3 is 1.60 bits per heavy atom. The van der Waals surface area contributed by atoms with Gasteiger partial charge in [0.15, 0.2) is 0 Å². The summed E-state index contributed by atoms with van der Waals surface area (Å²) in [5.41, 5.74) is 19.0. The molecule has 6 aromatic carbocycles. The monoisotopic (exact) mass is 1090 g/mol. The molecular weight excluding hydrogens is 1000 g/mol. The maximum absolute atomic E-state index is 4.40. The molecule has 428 valence electrons. The van der Waals surface area contributed by atoms with Gasteiger partial charge in [-0.3, -0.25) is 29.8 Å². The number of aryl methyl sites for hydroxylation is 2. The molecule has 0 atom stereocenters. The third-order valence-electron chi connectivity index (χ3n) is 14.9. The van der Waals surface area contributed by atoms with Crippen molar-refractivity contribution in [3.8, 4) is 0 Å². The summed E-state index contributed by atoms with van der Waals surface area (Å²) < 4.78 is 1.90. The van der Waals surface area contributed by atoms with Crippen molar-refractivity contribution in [3.63, 3.8) is 0 Å². The number of pyridine rings is 2. The van der Waals surface area contributed by atoms with Gasteiger partial charge in [0.2, 0.25) is 0 Å². The summed E-state index contributed by atoms with van der Waals surface area (Å²) >= 11 is 0. The molecular formula is C73H91N9. The van der Waals surface area contributed by atoms with Gasteiger partial charge in [0.1, 0.15) is 0 Å². The van der Waals surface area contributed by atoms with E-state index in [4.69, 9.17) is 0 Å². The molecule has 0 aliphatic carbocycles. The van der Waals surface area contributed by atoms with Crippen LogP contribution in [0.4, 0.5) is 0 Å². The van der Waals surface area contributed by atoms with E-state index in [1.54, 1.807) is 0 Å². The predicted octanol–water partition coefficient (Wildman–Crippen LogP) is 18.9. The average Bonchev–Trinajstić information content (AvgIpc) is 3.97. The van der Waals surface area contributed by atoms with Gasteiger partial charge in [-0.25, -0.2) is 0 Å². The van der Waals surface area contributed by atoms with Gasteiger partial charge in [-0.15, -0.1) is 0 Å². The van der Waals surface area contributed by atoms with Crippen LogP contribution in [0.1, 0.15) is 175 Å². The van der Waals surface area contributed by atoms with Crippen LogP contribution in [0, 0.1) is 6.92 Å². The van der Waals surface area contributed by atoms with E-state index >= 15 is 0 Å². The fourth-order valence-electron chi connectivity index (χ4n) is 10.3. The number of hydrogen-bond acceptors (Lipinski definition) is 6. The van der Waals surface area contributed by atoms with Gasteiger partial charge in [0.05, 0.1) is 52.7 Å². The number of H-pyrrole nitrogens is 2. The Balaban J connectivity index is 0.000000142. The highest BCUT2D eigenvalue weighted by atomic mass is 15.2. The van der Waals surface area contributed by atoms with E-state index in [9.17, 15) is 0 Å². The molecule has 9 nitrogen and oxygen atoms in total. The third kappa shape index (κ3) is 15.6. The normalized spacial score (nSPS) is 12.5. The Hall–Kier alpha value is -7.78. The molecule has 0 unspecified atom stereocenters. The summed E-state index contributed by atoms with van der Waals surface area (Å²) in [5.74, 6) is 0. The molecule has 1 aliphatic heterocycles. The van der Waals surface area contributed by atoms with E-state index in [0.29, 0.717) is 0 Å². The van der Waals surface area contributed by atoms with E-state index in [1.165, 1.54) is 82.5 Å². The predicted molar refractivity (Wildman–Crippen MR) is 351 cm³/mol. The summed E-state index contributed by atoms with van der Waals surface area (Å²) in [5, 5.41) is 24.4. The van der Waals surface area contributed by atoms with E-state index in [2.05, 4.69) is 287 Å². The molecule has 0 saturated carbocycles. The van der Waals surface area contributed by atoms with Crippen molar-refractivity contribution in [1.82, 2.24) is 40.1 Å². The van der Waals surface area contributed by atoms with E-state index in [0.717, 1.165) is 28.6 Å². The van der Waals surface area contributed by atoms with Gasteiger partial charge in [0, 0.05) is 52.6 Å². The highest BCUT2D eigenvalue weighted by Gasteiger charge is 2.21. The number of aromatic nitrogens is 8. The first-order valence-corrected chi connectivity index (χ1v) is 28.9. The van der Waals surface area contributed by atoms with Crippen LogP contribution >= 0.6 is 0 Å². The number of hydrogen-bond donors (Lipinski definition) is 2. The number of nitrogens with zero attached hydrogens (tertiary/aromatic N) is 7. The number of nitrogens with one attached hydrogen (secondary N) is 2. The summed E-state index contributed by atoms with van der Waals surface area (Å²) in [4.78, 5) is 13.0. The zero-order valence-corrected chi connectivity index (χ0v) is 52.9. The number of fused-ring (bicyclic) bond motifs is 6. The summed E-state index contributed by atoms with van der Waals surface area (Å²) in [6.07, 6.45) is 11.3. The molecule has 12 rings (SSSR count). The third-order valence-corrected chi connectivity index (χ3v) is 14.9. The van der Waals surface area contributed by atoms with Gasteiger partial charge in [0.25, 0.3) is 0 Å². The van der Waals surface area contributed by atoms with Crippen LogP contribution < -0.4 is 0 Å². The van der Waals surface area contributed by atoms with E-state index in [-0.39, 0.29) is 32.5 Å². The number of rotatable bonds is 0. The maximum Gasteiger partial charge on any atom is 0.0705 e. The second-order valence-corrected chi connectivity index (χ2v) is 27.9. The molecule has 1 aliphatic rings. The van der Waals surface area contributed by atoms with Gasteiger partial charge >= 0.3 is 0 Å². The number of aliphatic imine (C=N–C) groups is 1. The van der Waals surface area contributed by atoms with Crippen molar-refractivity contribution in [2.75, 3.05) is 0 Å². The molecule has 5 aromatic heterocycles. The van der Waals surface area contributed by atoms with Gasteiger partial charge < -0.3 is 0 Å². The SMILES string of the molecule is CC(C)(C)c1ccc2[nH]ncc2c1.CC(C)(C)c1ccc2c(c1)CN=C2.CC(C)(C)c1cccc2[nH]ncc12.CC(C)(C)c1cccc2ncccc12.Cc1ccc2ncccc2c1C(C)(C)C.Cn1ncc2cc(C(C)(C)C)ccc21. The second kappa shape index (κ2) is 24.7. The fourth-order valence-corrected chi connectivity index (χ4v) is 10.3. The molecule has 82 heavy (non-hydrogen) atoms. The van der Waals surface area contributed by atoms with Crippen molar-refractivity contribution in [2.45, 2.75) is 171 Å². The zero-order chi connectivity index (χ0) is 60.0. The second-order valence-electron chi connectivity index (χ2n) is 27.9.